The highest BCUT2D eigenvalue weighted by molar-refractivity contribution is 5.94. The fourth-order valence-electron chi connectivity index (χ4n) is 2.06. The van der Waals surface area contributed by atoms with Crippen molar-refractivity contribution < 1.29 is 14.6 Å². The number of hydrogen-bond donors (Lipinski definition) is 3. The van der Waals surface area contributed by atoms with Gasteiger partial charge in [0.1, 0.15) is 0 Å². The Kier molecular flexibility index (Phi) is 6.51. The highest BCUT2D eigenvalue weighted by Crippen LogP contribution is 2.13. The second kappa shape index (κ2) is 8.83. The van der Waals surface area contributed by atoms with Gasteiger partial charge in [0.05, 0.1) is 7.11 Å². The Balaban J connectivity index is 1.91. The molecular formula is C17H22N4O3. The van der Waals surface area contributed by atoms with Gasteiger partial charge in [0.15, 0.2) is 0 Å². The number of aromatic nitrogens is 2. The van der Waals surface area contributed by atoms with Gasteiger partial charge in [-0.25, -0.2) is 9.97 Å². The van der Waals surface area contributed by atoms with Crippen LogP contribution in [-0.4, -0.2) is 41.2 Å². The molecule has 128 valence electrons. The predicted octanol–water partition coefficient (Wildman–Crippen LogP) is 1.52. The van der Waals surface area contributed by atoms with Crippen LogP contribution >= 0.6 is 0 Å². The molecule has 7 nitrogen and oxygen atoms in total. The molecule has 0 saturated heterocycles. The predicted molar refractivity (Wildman–Crippen MR) is 91.1 cm³/mol. The molecule has 0 saturated carbocycles. The quantitative estimate of drug-likeness (QED) is 0.635. The summed E-state index contributed by atoms with van der Waals surface area (Å²) in [5, 5.41) is 14.7. The molecule has 0 aliphatic rings. The Morgan fingerprint density at radius 1 is 1.29 bits per heavy atom. The molecule has 0 aliphatic heterocycles. The van der Waals surface area contributed by atoms with Gasteiger partial charge < -0.3 is 20.5 Å². The average Bonchev–Trinajstić information content (AvgIpc) is 2.61. The van der Waals surface area contributed by atoms with E-state index in [2.05, 4.69) is 20.6 Å². The van der Waals surface area contributed by atoms with Gasteiger partial charge in [-0.05, 0) is 37.6 Å². The molecular weight excluding hydrogens is 308 g/mol. The highest BCUT2D eigenvalue weighted by Gasteiger charge is 2.06. The topological polar surface area (TPSA) is 96.4 Å². The number of ether oxygens (including phenoxy) is 1. The lowest BCUT2D eigenvalue weighted by Crippen LogP contribution is -2.24. The summed E-state index contributed by atoms with van der Waals surface area (Å²) in [4.78, 5) is 20.2. The van der Waals surface area contributed by atoms with Crippen LogP contribution in [0.25, 0.3) is 0 Å². The van der Waals surface area contributed by atoms with Crippen molar-refractivity contribution in [2.24, 2.45) is 0 Å². The van der Waals surface area contributed by atoms with Crippen LogP contribution in [0.1, 0.15) is 28.0 Å². The fourth-order valence-corrected chi connectivity index (χ4v) is 2.06. The Hall–Kier alpha value is -2.67. The van der Waals surface area contributed by atoms with E-state index in [1.54, 1.807) is 18.3 Å². The number of carbonyl (C=O) groups excluding carboxylic acids is 1. The summed E-state index contributed by atoms with van der Waals surface area (Å²) in [6.45, 7) is 3.02. The number of rotatable bonds is 8. The summed E-state index contributed by atoms with van der Waals surface area (Å²) < 4.78 is 4.99. The second-order valence-electron chi connectivity index (χ2n) is 5.23. The number of anilines is 1. The van der Waals surface area contributed by atoms with Crippen molar-refractivity contribution in [2.75, 3.05) is 25.6 Å². The van der Waals surface area contributed by atoms with Gasteiger partial charge in [-0.1, -0.05) is 0 Å². The van der Waals surface area contributed by atoms with E-state index in [0.29, 0.717) is 31.1 Å². The van der Waals surface area contributed by atoms with Crippen LogP contribution in [0.5, 0.6) is 6.01 Å². The van der Waals surface area contributed by atoms with E-state index < -0.39 is 0 Å². The number of nitrogens with zero attached hydrogens (tertiary/aromatic N) is 2. The van der Waals surface area contributed by atoms with E-state index in [9.17, 15) is 4.79 Å². The van der Waals surface area contributed by atoms with Crippen LogP contribution in [0.4, 0.5) is 5.69 Å². The number of nitrogens with one attached hydrogen (secondary N) is 2. The number of aliphatic hydroxyl groups excluding tert-OH is 1. The van der Waals surface area contributed by atoms with E-state index in [0.717, 1.165) is 16.9 Å². The molecule has 0 radical (unpaired) electrons. The van der Waals surface area contributed by atoms with Crippen molar-refractivity contribution in [3.05, 3.63) is 47.3 Å². The zero-order chi connectivity index (χ0) is 17.4. The molecule has 0 fully saturated rings. The van der Waals surface area contributed by atoms with Crippen molar-refractivity contribution in [1.82, 2.24) is 15.3 Å². The van der Waals surface area contributed by atoms with Crippen LogP contribution in [-0.2, 0) is 6.54 Å². The molecule has 3 N–H and O–H groups in total. The van der Waals surface area contributed by atoms with Crippen molar-refractivity contribution in [3.8, 4) is 6.01 Å². The standard InChI is InChI=1S/C17H22N4O3/c1-12-14(11-20-17(21-12)24-2)10-19-15-6-4-13(5-7-15)16(23)18-8-3-9-22/h4-7,11,19,22H,3,8-10H2,1-2H3,(H,18,23). The van der Waals surface area contributed by atoms with Gasteiger partial charge in [0.25, 0.3) is 5.91 Å². The second-order valence-corrected chi connectivity index (χ2v) is 5.23. The number of aryl methyl sites for hydroxylation is 1. The molecule has 24 heavy (non-hydrogen) atoms. The first-order valence-corrected chi connectivity index (χ1v) is 7.73. The smallest absolute Gasteiger partial charge is 0.316 e. The van der Waals surface area contributed by atoms with E-state index in [-0.39, 0.29) is 12.5 Å². The van der Waals surface area contributed by atoms with Crippen molar-refractivity contribution in [3.63, 3.8) is 0 Å². The minimum absolute atomic E-state index is 0.0671. The monoisotopic (exact) mass is 330 g/mol. The van der Waals surface area contributed by atoms with Crippen LogP contribution in [0.15, 0.2) is 30.5 Å². The first kappa shape index (κ1) is 17.7. The lowest BCUT2D eigenvalue weighted by atomic mass is 10.2. The summed E-state index contributed by atoms with van der Waals surface area (Å²) in [5.41, 5.74) is 3.32. The lowest BCUT2D eigenvalue weighted by Gasteiger charge is -2.10. The van der Waals surface area contributed by atoms with Gasteiger partial charge in [-0.15, -0.1) is 0 Å². The first-order chi connectivity index (χ1) is 11.6. The number of benzene rings is 1. The number of hydrogen-bond acceptors (Lipinski definition) is 6. The van der Waals surface area contributed by atoms with Gasteiger partial charge in [-0.2, -0.15) is 0 Å². The number of amides is 1. The number of carbonyl (C=O) groups is 1. The van der Waals surface area contributed by atoms with E-state index in [1.807, 2.05) is 19.1 Å². The zero-order valence-electron chi connectivity index (χ0n) is 13.9. The summed E-state index contributed by atoms with van der Waals surface area (Å²) >= 11 is 0. The summed E-state index contributed by atoms with van der Waals surface area (Å²) in [6.07, 6.45) is 2.28. The normalized spacial score (nSPS) is 10.3. The minimum atomic E-state index is -0.144. The van der Waals surface area contributed by atoms with E-state index in [4.69, 9.17) is 9.84 Å². The number of aliphatic hydroxyl groups is 1. The average molecular weight is 330 g/mol. The zero-order valence-corrected chi connectivity index (χ0v) is 13.9. The number of methoxy groups -OCH3 is 1. The van der Waals surface area contributed by atoms with Gasteiger partial charge in [-0.3, -0.25) is 4.79 Å². The Bertz CT molecular complexity index is 674. The van der Waals surface area contributed by atoms with Crippen LogP contribution in [0.3, 0.4) is 0 Å². The largest absolute Gasteiger partial charge is 0.467 e. The van der Waals surface area contributed by atoms with Crippen LogP contribution in [0, 0.1) is 6.92 Å². The maximum atomic E-state index is 11.9. The molecule has 1 aromatic carbocycles. The molecule has 2 rings (SSSR count). The molecule has 0 aliphatic carbocycles. The van der Waals surface area contributed by atoms with Crippen LogP contribution < -0.4 is 15.4 Å². The third-order valence-electron chi connectivity index (χ3n) is 3.49. The third kappa shape index (κ3) is 4.92. The maximum Gasteiger partial charge on any atom is 0.316 e. The molecule has 1 amide bonds. The molecule has 7 heteroatoms. The summed E-state index contributed by atoms with van der Waals surface area (Å²) in [7, 11) is 1.54. The molecule has 1 aromatic heterocycles. The third-order valence-corrected chi connectivity index (χ3v) is 3.49. The SMILES string of the molecule is COc1ncc(CNc2ccc(C(=O)NCCCO)cc2)c(C)n1. The van der Waals surface area contributed by atoms with Crippen molar-refractivity contribution in [2.45, 2.75) is 19.9 Å². The van der Waals surface area contributed by atoms with Crippen molar-refractivity contribution in [1.29, 1.82) is 0 Å². The Labute approximate surface area is 141 Å². The molecule has 0 bridgehead atoms. The summed E-state index contributed by atoms with van der Waals surface area (Å²) in [6, 6.07) is 7.57. The minimum Gasteiger partial charge on any atom is -0.467 e. The molecule has 0 unspecified atom stereocenters. The Morgan fingerprint density at radius 2 is 2.04 bits per heavy atom. The lowest BCUT2D eigenvalue weighted by molar-refractivity contribution is 0.0951. The van der Waals surface area contributed by atoms with E-state index >= 15 is 0 Å². The van der Waals surface area contributed by atoms with Gasteiger partial charge >= 0.3 is 6.01 Å². The van der Waals surface area contributed by atoms with E-state index in [1.165, 1.54) is 7.11 Å². The summed E-state index contributed by atoms with van der Waals surface area (Å²) in [5.74, 6) is -0.144. The molecule has 0 spiro atoms. The molecule has 0 atom stereocenters. The molecule has 1 heterocycles. The van der Waals surface area contributed by atoms with Crippen LogP contribution in [0.2, 0.25) is 0 Å². The highest BCUT2D eigenvalue weighted by atomic mass is 16.5. The first-order valence-electron chi connectivity index (χ1n) is 7.73. The molecule has 2 aromatic rings. The van der Waals surface area contributed by atoms with Crippen molar-refractivity contribution >= 4 is 11.6 Å². The van der Waals surface area contributed by atoms with Gasteiger partial charge in [0.2, 0.25) is 0 Å². The fraction of sp³-hybridized carbons (Fsp3) is 0.353. The Morgan fingerprint density at radius 3 is 2.67 bits per heavy atom. The maximum absolute atomic E-state index is 11.9. The van der Waals surface area contributed by atoms with Gasteiger partial charge in [0, 0.05) is 48.4 Å².